The van der Waals surface area contributed by atoms with Crippen LogP contribution in [0.5, 0.6) is 0 Å². The second-order valence-corrected chi connectivity index (χ2v) is 5.16. The monoisotopic (exact) mass is 236 g/mol. The fourth-order valence-electron chi connectivity index (χ4n) is 2.68. The Hall–Kier alpha value is -1.04. The van der Waals surface area contributed by atoms with E-state index in [1.54, 1.807) is 0 Å². The highest BCUT2D eigenvalue weighted by atomic mass is 16.2. The van der Waals surface area contributed by atoms with Crippen LogP contribution in [-0.2, 0) is 4.79 Å². The van der Waals surface area contributed by atoms with Crippen molar-refractivity contribution in [2.24, 2.45) is 5.92 Å². The molecule has 3 nitrogen and oxygen atoms in total. The zero-order chi connectivity index (χ0) is 12.7. The van der Waals surface area contributed by atoms with Crippen LogP contribution in [0.3, 0.4) is 0 Å². The summed E-state index contributed by atoms with van der Waals surface area (Å²) in [6.45, 7) is 4.21. The summed E-state index contributed by atoms with van der Waals surface area (Å²) in [6.07, 6.45) is 7.66. The van der Waals surface area contributed by atoms with Crippen molar-refractivity contribution in [3.8, 4) is 6.07 Å². The Labute approximate surface area is 105 Å². The molecule has 17 heavy (non-hydrogen) atoms. The number of amides is 1. The van der Waals surface area contributed by atoms with E-state index in [0.717, 1.165) is 51.4 Å². The Kier molecular flexibility index (Phi) is 5.47. The summed E-state index contributed by atoms with van der Waals surface area (Å²) >= 11 is 0. The van der Waals surface area contributed by atoms with Gasteiger partial charge in [-0.25, -0.2) is 0 Å². The largest absolute Gasteiger partial charge is 0.338 e. The van der Waals surface area contributed by atoms with Crippen molar-refractivity contribution in [1.29, 1.82) is 5.26 Å². The molecule has 0 aromatic rings. The molecule has 1 fully saturated rings. The van der Waals surface area contributed by atoms with Crippen LogP contribution in [0.25, 0.3) is 0 Å². The summed E-state index contributed by atoms with van der Waals surface area (Å²) in [5, 5.41) is 12.3. The molecule has 1 aliphatic rings. The van der Waals surface area contributed by atoms with Crippen LogP contribution in [0.2, 0.25) is 0 Å². The van der Waals surface area contributed by atoms with Crippen molar-refractivity contribution in [3.05, 3.63) is 0 Å². The van der Waals surface area contributed by atoms with E-state index in [2.05, 4.69) is 25.2 Å². The van der Waals surface area contributed by atoms with E-state index in [9.17, 15) is 10.1 Å². The zero-order valence-electron chi connectivity index (χ0n) is 11.1. The molecule has 1 rings (SSSR count). The third kappa shape index (κ3) is 3.73. The van der Waals surface area contributed by atoms with Gasteiger partial charge in [0.2, 0.25) is 5.91 Å². The smallest absolute Gasteiger partial charge is 0.224 e. The lowest BCUT2D eigenvalue weighted by molar-refractivity contribution is -0.126. The number of hydrogen-bond donors (Lipinski definition) is 1. The van der Waals surface area contributed by atoms with E-state index in [1.165, 1.54) is 0 Å². The summed E-state index contributed by atoms with van der Waals surface area (Å²) in [7, 11) is 0. The topological polar surface area (TPSA) is 52.9 Å². The number of carbonyl (C=O) groups is 1. The molecule has 1 saturated carbocycles. The summed E-state index contributed by atoms with van der Waals surface area (Å²) in [5.41, 5.74) is -0.559. The summed E-state index contributed by atoms with van der Waals surface area (Å²) in [6, 6.07) is 2.32. The van der Waals surface area contributed by atoms with Crippen molar-refractivity contribution >= 4 is 5.91 Å². The molecule has 0 spiro atoms. The fraction of sp³-hybridized carbons (Fsp3) is 0.857. The standard InChI is InChI=1S/C14H24N2O/c1-3-7-12(8-4-2)13(17)16-14(11-15)9-5-6-10-14/h12H,3-10H2,1-2H3,(H,16,17). The first-order chi connectivity index (χ1) is 8.17. The van der Waals surface area contributed by atoms with Crippen molar-refractivity contribution < 1.29 is 4.79 Å². The third-order valence-electron chi connectivity index (χ3n) is 3.68. The van der Waals surface area contributed by atoms with Gasteiger partial charge in [0.1, 0.15) is 5.54 Å². The summed E-state index contributed by atoms with van der Waals surface area (Å²) in [5.74, 6) is 0.188. The maximum Gasteiger partial charge on any atom is 0.224 e. The van der Waals surface area contributed by atoms with Gasteiger partial charge in [0.05, 0.1) is 6.07 Å². The van der Waals surface area contributed by atoms with Gasteiger partial charge in [-0.05, 0) is 38.5 Å². The molecule has 0 atom stereocenters. The van der Waals surface area contributed by atoms with E-state index in [0.29, 0.717) is 0 Å². The lowest BCUT2D eigenvalue weighted by atomic mass is 9.93. The highest BCUT2D eigenvalue weighted by Crippen LogP contribution is 2.29. The molecule has 0 aromatic heterocycles. The number of rotatable bonds is 6. The molecular formula is C14H24N2O. The first-order valence-electron chi connectivity index (χ1n) is 6.90. The molecule has 0 aliphatic heterocycles. The predicted molar refractivity (Wildman–Crippen MR) is 68.3 cm³/mol. The van der Waals surface area contributed by atoms with E-state index in [4.69, 9.17) is 0 Å². The van der Waals surface area contributed by atoms with E-state index >= 15 is 0 Å². The number of nitrogens with one attached hydrogen (secondary N) is 1. The Bertz CT molecular complexity index is 281. The van der Waals surface area contributed by atoms with Crippen molar-refractivity contribution in [1.82, 2.24) is 5.32 Å². The molecule has 1 aliphatic carbocycles. The number of hydrogen-bond acceptors (Lipinski definition) is 2. The lowest BCUT2D eigenvalue weighted by Gasteiger charge is -2.25. The zero-order valence-corrected chi connectivity index (χ0v) is 11.1. The van der Waals surface area contributed by atoms with Crippen LogP contribution >= 0.6 is 0 Å². The van der Waals surface area contributed by atoms with E-state index in [-0.39, 0.29) is 11.8 Å². The SMILES string of the molecule is CCCC(CCC)C(=O)NC1(C#N)CCCC1. The first kappa shape index (κ1) is 14.0. The summed E-state index contributed by atoms with van der Waals surface area (Å²) < 4.78 is 0. The van der Waals surface area contributed by atoms with Gasteiger partial charge >= 0.3 is 0 Å². The highest BCUT2D eigenvalue weighted by Gasteiger charge is 2.36. The molecule has 0 radical (unpaired) electrons. The minimum absolute atomic E-state index is 0.0934. The molecule has 0 unspecified atom stereocenters. The molecule has 1 N–H and O–H groups in total. The van der Waals surface area contributed by atoms with Crippen molar-refractivity contribution in [3.63, 3.8) is 0 Å². The average molecular weight is 236 g/mol. The van der Waals surface area contributed by atoms with Gasteiger partial charge in [-0.3, -0.25) is 4.79 Å². The quantitative estimate of drug-likeness (QED) is 0.770. The van der Waals surface area contributed by atoms with Crippen molar-refractivity contribution in [2.45, 2.75) is 70.8 Å². The molecule has 96 valence electrons. The average Bonchev–Trinajstić information content (AvgIpc) is 2.78. The maximum absolute atomic E-state index is 12.2. The second-order valence-electron chi connectivity index (χ2n) is 5.16. The molecule has 0 aromatic carbocycles. The van der Waals surface area contributed by atoms with Crippen LogP contribution in [0.1, 0.15) is 65.2 Å². The maximum atomic E-state index is 12.2. The molecular weight excluding hydrogens is 212 g/mol. The Morgan fingerprint density at radius 3 is 2.24 bits per heavy atom. The molecule has 0 heterocycles. The normalized spacial score (nSPS) is 18.0. The first-order valence-corrected chi connectivity index (χ1v) is 6.90. The van der Waals surface area contributed by atoms with Gasteiger partial charge in [0.25, 0.3) is 0 Å². The fourth-order valence-corrected chi connectivity index (χ4v) is 2.68. The van der Waals surface area contributed by atoms with Gasteiger partial charge in [-0.2, -0.15) is 5.26 Å². The van der Waals surface area contributed by atoms with Crippen LogP contribution in [0.15, 0.2) is 0 Å². The lowest BCUT2D eigenvalue weighted by Crippen LogP contribution is -2.47. The molecule has 3 heteroatoms. The Morgan fingerprint density at radius 1 is 1.29 bits per heavy atom. The number of nitrogens with zero attached hydrogens (tertiary/aromatic N) is 1. The van der Waals surface area contributed by atoms with Gasteiger partial charge in [0.15, 0.2) is 0 Å². The Balaban J connectivity index is 2.59. The van der Waals surface area contributed by atoms with Gasteiger partial charge < -0.3 is 5.32 Å². The highest BCUT2D eigenvalue weighted by molar-refractivity contribution is 5.79. The van der Waals surface area contributed by atoms with E-state index < -0.39 is 5.54 Å². The minimum Gasteiger partial charge on any atom is -0.338 e. The number of nitriles is 1. The predicted octanol–water partition coefficient (Wildman–Crippen LogP) is 3.16. The Morgan fingerprint density at radius 2 is 1.82 bits per heavy atom. The van der Waals surface area contributed by atoms with E-state index in [1.807, 2.05) is 0 Å². The van der Waals surface area contributed by atoms with Crippen LogP contribution in [0.4, 0.5) is 0 Å². The van der Waals surface area contributed by atoms with Crippen LogP contribution < -0.4 is 5.32 Å². The second kappa shape index (κ2) is 6.64. The molecule has 0 bridgehead atoms. The van der Waals surface area contributed by atoms with Gasteiger partial charge in [-0.15, -0.1) is 0 Å². The van der Waals surface area contributed by atoms with Crippen LogP contribution in [0, 0.1) is 17.2 Å². The van der Waals surface area contributed by atoms with Crippen molar-refractivity contribution in [2.75, 3.05) is 0 Å². The van der Waals surface area contributed by atoms with Gasteiger partial charge in [-0.1, -0.05) is 26.7 Å². The molecule has 1 amide bonds. The summed E-state index contributed by atoms with van der Waals surface area (Å²) in [4.78, 5) is 12.2. The number of carbonyl (C=O) groups excluding carboxylic acids is 1. The molecule has 0 saturated heterocycles. The van der Waals surface area contributed by atoms with Crippen LogP contribution in [-0.4, -0.2) is 11.4 Å². The van der Waals surface area contributed by atoms with Gasteiger partial charge in [0, 0.05) is 5.92 Å². The minimum atomic E-state index is -0.559. The third-order valence-corrected chi connectivity index (χ3v) is 3.68.